The third kappa shape index (κ3) is 2.97. The summed E-state index contributed by atoms with van der Waals surface area (Å²) in [5.41, 5.74) is 3.39. The number of fused-ring (bicyclic) bond motifs is 2. The molecule has 1 aliphatic heterocycles. The number of hydrogen-bond donors (Lipinski definition) is 1. The van der Waals surface area contributed by atoms with E-state index in [2.05, 4.69) is 15.3 Å². The van der Waals surface area contributed by atoms with Crippen molar-refractivity contribution in [1.29, 1.82) is 0 Å². The molecule has 140 valence electrons. The van der Waals surface area contributed by atoms with Gasteiger partial charge in [-0.1, -0.05) is 6.42 Å². The van der Waals surface area contributed by atoms with Gasteiger partial charge in [0.25, 0.3) is 0 Å². The monoisotopic (exact) mass is 358 g/mol. The van der Waals surface area contributed by atoms with E-state index in [1.807, 2.05) is 7.05 Å². The minimum Gasteiger partial charge on any atom is -0.339 e. The largest absolute Gasteiger partial charge is 0.345 e. The number of H-pyrrole nitrogens is 1. The van der Waals surface area contributed by atoms with E-state index in [0.717, 1.165) is 30.8 Å². The molecular weight excluding hydrogens is 332 g/mol. The van der Waals surface area contributed by atoms with E-state index in [1.54, 1.807) is 16.5 Å². The second-order valence-corrected chi connectivity index (χ2v) is 7.55. The summed E-state index contributed by atoms with van der Waals surface area (Å²) in [7, 11) is 3.49. The van der Waals surface area contributed by atoms with Gasteiger partial charge in [-0.15, -0.1) is 0 Å². The molecule has 0 fully saturated rings. The zero-order valence-electron chi connectivity index (χ0n) is 15.5. The number of rotatable bonds is 3. The quantitative estimate of drug-likeness (QED) is 0.822. The van der Waals surface area contributed by atoms with Crippen LogP contribution in [0.25, 0.3) is 0 Å². The molecule has 26 heavy (non-hydrogen) atoms. The predicted molar refractivity (Wildman–Crippen MR) is 95.6 cm³/mol. The zero-order chi connectivity index (χ0) is 18.3. The van der Waals surface area contributed by atoms with Crippen molar-refractivity contribution in [2.45, 2.75) is 58.0 Å². The zero-order valence-corrected chi connectivity index (χ0v) is 15.5. The van der Waals surface area contributed by atoms with Gasteiger partial charge in [0.05, 0.1) is 18.2 Å². The van der Waals surface area contributed by atoms with E-state index >= 15 is 0 Å². The molecule has 0 spiro atoms. The summed E-state index contributed by atoms with van der Waals surface area (Å²) in [6, 6.07) is 0. The van der Waals surface area contributed by atoms with Gasteiger partial charge in [0.1, 0.15) is 5.82 Å². The number of hydrogen-bond acceptors (Lipinski definition) is 4. The summed E-state index contributed by atoms with van der Waals surface area (Å²) in [4.78, 5) is 26.8. The highest BCUT2D eigenvalue weighted by molar-refractivity contribution is 5.78. The number of nitrogens with zero attached hydrogens (tertiary/aromatic N) is 5. The van der Waals surface area contributed by atoms with E-state index in [-0.39, 0.29) is 17.5 Å². The van der Waals surface area contributed by atoms with Crippen LogP contribution in [0.15, 0.2) is 4.79 Å². The van der Waals surface area contributed by atoms with Crippen molar-refractivity contribution >= 4 is 5.91 Å². The van der Waals surface area contributed by atoms with Crippen molar-refractivity contribution in [2.24, 2.45) is 13.0 Å². The van der Waals surface area contributed by atoms with E-state index in [0.29, 0.717) is 19.5 Å². The number of amides is 1. The van der Waals surface area contributed by atoms with Crippen molar-refractivity contribution < 1.29 is 4.79 Å². The van der Waals surface area contributed by atoms with Gasteiger partial charge < -0.3 is 4.90 Å². The van der Waals surface area contributed by atoms with Gasteiger partial charge in [0.2, 0.25) is 5.91 Å². The van der Waals surface area contributed by atoms with Gasteiger partial charge >= 0.3 is 5.69 Å². The average Bonchev–Trinajstić information content (AvgIpc) is 3.04. The Balaban J connectivity index is 1.46. The first-order chi connectivity index (χ1) is 12.5. The van der Waals surface area contributed by atoms with Gasteiger partial charge in [-0.05, 0) is 37.7 Å². The first-order valence-corrected chi connectivity index (χ1v) is 9.47. The molecule has 0 saturated heterocycles. The standard InChI is InChI=1S/C18H26N6O2/c1-22(11-15-13-6-4-3-5-7-14(13)19-20-15)17(25)12-8-9-16-21-23(2)18(26)24(16)10-12/h12H,3-11H2,1-2H3,(H,19,20). The summed E-state index contributed by atoms with van der Waals surface area (Å²) >= 11 is 0. The van der Waals surface area contributed by atoms with Crippen LogP contribution in [0.2, 0.25) is 0 Å². The van der Waals surface area contributed by atoms with Crippen molar-refractivity contribution in [2.75, 3.05) is 7.05 Å². The van der Waals surface area contributed by atoms with Gasteiger partial charge in [-0.2, -0.15) is 10.2 Å². The Labute approximate surface area is 152 Å². The lowest BCUT2D eigenvalue weighted by atomic mass is 9.97. The van der Waals surface area contributed by atoms with E-state index in [1.165, 1.54) is 35.2 Å². The maximum Gasteiger partial charge on any atom is 0.345 e. The number of nitrogens with one attached hydrogen (secondary N) is 1. The molecule has 1 unspecified atom stereocenters. The number of carbonyl (C=O) groups is 1. The summed E-state index contributed by atoms with van der Waals surface area (Å²) in [5.74, 6) is 0.686. The normalized spacial score (nSPS) is 19.5. The van der Waals surface area contributed by atoms with Crippen LogP contribution in [-0.2, 0) is 44.2 Å². The summed E-state index contributed by atoms with van der Waals surface area (Å²) in [5, 5.41) is 11.9. The molecule has 3 heterocycles. The second kappa shape index (κ2) is 6.74. The van der Waals surface area contributed by atoms with Crippen LogP contribution in [0, 0.1) is 5.92 Å². The lowest BCUT2D eigenvalue weighted by Crippen LogP contribution is -2.39. The molecule has 0 aromatic carbocycles. The molecule has 1 aliphatic carbocycles. The van der Waals surface area contributed by atoms with Gasteiger partial charge in [-0.3, -0.25) is 14.5 Å². The molecule has 1 atom stereocenters. The van der Waals surface area contributed by atoms with Gasteiger partial charge in [0.15, 0.2) is 0 Å². The van der Waals surface area contributed by atoms with Crippen molar-refractivity contribution in [3.63, 3.8) is 0 Å². The maximum atomic E-state index is 12.9. The minimum atomic E-state index is -0.174. The Hall–Kier alpha value is -2.38. The fourth-order valence-electron chi connectivity index (χ4n) is 4.21. The van der Waals surface area contributed by atoms with Crippen LogP contribution in [-0.4, -0.2) is 42.4 Å². The number of aromatic amines is 1. The minimum absolute atomic E-state index is 0.0803. The van der Waals surface area contributed by atoms with E-state index < -0.39 is 0 Å². The van der Waals surface area contributed by atoms with Gasteiger partial charge in [-0.25, -0.2) is 9.48 Å². The molecule has 2 aromatic rings. The average molecular weight is 358 g/mol. The first-order valence-electron chi connectivity index (χ1n) is 9.47. The number of aromatic nitrogens is 5. The molecule has 8 nitrogen and oxygen atoms in total. The SMILES string of the molecule is CN(Cc1n[nH]c2c1CCCCC2)C(=O)C1CCc2nn(C)c(=O)n2C1. The predicted octanol–water partition coefficient (Wildman–Crippen LogP) is 0.795. The smallest absolute Gasteiger partial charge is 0.339 e. The molecule has 1 amide bonds. The Morgan fingerprint density at radius 3 is 2.92 bits per heavy atom. The third-order valence-corrected chi connectivity index (χ3v) is 5.71. The van der Waals surface area contributed by atoms with Crippen LogP contribution < -0.4 is 5.69 Å². The highest BCUT2D eigenvalue weighted by Gasteiger charge is 2.30. The van der Waals surface area contributed by atoms with Crippen LogP contribution in [0.5, 0.6) is 0 Å². The van der Waals surface area contributed by atoms with Crippen LogP contribution in [0.1, 0.15) is 48.5 Å². The lowest BCUT2D eigenvalue weighted by molar-refractivity contribution is -0.135. The molecule has 1 N–H and O–H groups in total. The topological polar surface area (TPSA) is 88.8 Å². The molecular formula is C18H26N6O2. The second-order valence-electron chi connectivity index (χ2n) is 7.55. The molecule has 0 saturated carbocycles. The van der Waals surface area contributed by atoms with Crippen LogP contribution in [0.4, 0.5) is 0 Å². The summed E-state index contributed by atoms with van der Waals surface area (Å²) < 4.78 is 2.99. The highest BCUT2D eigenvalue weighted by Crippen LogP contribution is 2.24. The van der Waals surface area contributed by atoms with Crippen molar-refractivity contribution in [1.82, 2.24) is 29.4 Å². The Bertz CT molecular complexity index is 877. The van der Waals surface area contributed by atoms with Crippen molar-refractivity contribution in [3.8, 4) is 0 Å². The maximum absolute atomic E-state index is 12.9. The first kappa shape index (κ1) is 17.1. The molecule has 8 heteroatoms. The van der Waals surface area contributed by atoms with Crippen LogP contribution in [0.3, 0.4) is 0 Å². The number of carbonyl (C=O) groups excluding carboxylic acids is 1. The van der Waals surface area contributed by atoms with E-state index in [9.17, 15) is 9.59 Å². The molecule has 2 aliphatic rings. The fourth-order valence-corrected chi connectivity index (χ4v) is 4.21. The Morgan fingerprint density at radius 2 is 2.08 bits per heavy atom. The van der Waals surface area contributed by atoms with Crippen LogP contribution >= 0.6 is 0 Å². The third-order valence-electron chi connectivity index (χ3n) is 5.71. The highest BCUT2D eigenvalue weighted by atomic mass is 16.2. The summed E-state index contributed by atoms with van der Waals surface area (Å²) in [6.45, 7) is 0.944. The molecule has 4 rings (SSSR count). The Morgan fingerprint density at radius 1 is 1.27 bits per heavy atom. The Kier molecular flexibility index (Phi) is 4.42. The fraction of sp³-hybridized carbons (Fsp3) is 0.667. The van der Waals surface area contributed by atoms with Gasteiger partial charge in [0, 0.05) is 32.8 Å². The molecule has 0 radical (unpaired) electrons. The lowest BCUT2D eigenvalue weighted by Gasteiger charge is -2.26. The summed E-state index contributed by atoms with van der Waals surface area (Å²) in [6.07, 6.45) is 7.13. The number of aryl methyl sites for hydroxylation is 3. The molecule has 2 aromatic heterocycles. The molecule has 0 bridgehead atoms. The van der Waals surface area contributed by atoms with E-state index in [4.69, 9.17) is 0 Å². The van der Waals surface area contributed by atoms with Crippen molar-refractivity contribution in [3.05, 3.63) is 33.3 Å².